The first-order valence-corrected chi connectivity index (χ1v) is 11.6. The van der Waals surface area contributed by atoms with Crippen LogP contribution in [0.3, 0.4) is 0 Å². The van der Waals surface area contributed by atoms with Crippen LogP contribution in [0.2, 0.25) is 0 Å². The van der Waals surface area contributed by atoms with Gasteiger partial charge >= 0.3 is 11.7 Å². The van der Waals surface area contributed by atoms with Crippen molar-refractivity contribution in [3.63, 3.8) is 0 Å². The number of hydrogen-bond acceptors (Lipinski definition) is 6. The summed E-state index contributed by atoms with van der Waals surface area (Å²) in [5.41, 5.74) is 6.88. The Balaban J connectivity index is 1.56. The van der Waals surface area contributed by atoms with E-state index < -0.39 is 0 Å². The summed E-state index contributed by atoms with van der Waals surface area (Å²) in [5.74, 6) is 1.76. The highest BCUT2D eigenvalue weighted by molar-refractivity contribution is 5.81. The number of aromatic amines is 1. The molecular weight excluding hydrogens is 380 g/mol. The van der Waals surface area contributed by atoms with Crippen LogP contribution in [-0.4, -0.2) is 50.7 Å². The van der Waals surface area contributed by atoms with Crippen LogP contribution in [-0.2, 0) is 6.54 Å². The predicted molar refractivity (Wildman–Crippen MR) is 121 cm³/mol. The molecule has 1 aliphatic rings. The van der Waals surface area contributed by atoms with Crippen molar-refractivity contribution in [2.45, 2.75) is 72.3 Å². The van der Waals surface area contributed by atoms with Crippen molar-refractivity contribution >= 4 is 17.0 Å². The molecule has 1 saturated heterocycles. The molecule has 2 aromatic rings. The van der Waals surface area contributed by atoms with E-state index in [1.807, 2.05) is 0 Å². The van der Waals surface area contributed by atoms with Gasteiger partial charge in [-0.05, 0) is 50.5 Å². The number of aromatic nitrogens is 4. The summed E-state index contributed by atoms with van der Waals surface area (Å²) >= 11 is 0. The van der Waals surface area contributed by atoms with Crippen LogP contribution in [0, 0.1) is 11.8 Å². The maximum absolute atomic E-state index is 12.4. The number of hydrogen-bond donors (Lipinski definition) is 2. The minimum atomic E-state index is -0.183. The lowest BCUT2D eigenvalue weighted by atomic mass is 9.92. The van der Waals surface area contributed by atoms with Crippen LogP contribution in [0.15, 0.2) is 4.79 Å². The molecule has 0 spiro atoms. The molecule has 30 heavy (non-hydrogen) atoms. The number of unbranched alkanes of at least 4 members (excludes halogenated alkanes) is 2. The smallest absolute Gasteiger partial charge is 0.327 e. The van der Waals surface area contributed by atoms with E-state index in [9.17, 15) is 4.79 Å². The molecule has 1 fully saturated rings. The third-order valence-electron chi connectivity index (χ3n) is 5.83. The quantitative estimate of drug-likeness (QED) is 0.542. The molecule has 0 aromatic carbocycles. The Hall–Kier alpha value is -2.09. The van der Waals surface area contributed by atoms with Crippen LogP contribution in [0.1, 0.15) is 65.7 Å². The normalized spacial score (nSPS) is 17.8. The Kier molecular flexibility index (Phi) is 8.13. The molecule has 0 bridgehead atoms. The van der Waals surface area contributed by atoms with Gasteiger partial charge in [-0.2, -0.15) is 9.97 Å². The van der Waals surface area contributed by atoms with Gasteiger partial charge in [-0.1, -0.05) is 33.6 Å². The second kappa shape index (κ2) is 10.8. The summed E-state index contributed by atoms with van der Waals surface area (Å²) in [4.78, 5) is 26.5. The molecule has 8 nitrogen and oxygen atoms in total. The number of piperidine rings is 1. The molecule has 3 rings (SSSR count). The lowest BCUT2D eigenvalue weighted by molar-refractivity contribution is 0.151. The molecule has 0 aliphatic carbocycles. The number of nitrogens with one attached hydrogen (secondary N) is 1. The minimum Gasteiger partial charge on any atom is -0.463 e. The Morgan fingerprint density at radius 1 is 1.27 bits per heavy atom. The van der Waals surface area contributed by atoms with E-state index >= 15 is 0 Å². The summed E-state index contributed by atoms with van der Waals surface area (Å²) in [6.45, 7) is 11.5. The van der Waals surface area contributed by atoms with Crippen LogP contribution < -0.4 is 16.2 Å². The number of nitrogen functional groups attached to an aromatic ring is 1. The number of likely N-dealkylation sites (tertiary alicyclic amines) is 1. The topological polar surface area (TPSA) is 102 Å². The fourth-order valence-corrected chi connectivity index (χ4v) is 4.38. The Morgan fingerprint density at radius 2 is 2.10 bits per heavy atom. The second-order valence-electron chi connectivity index (χ2n) is 9.03. The Morgan fingerprint density at radius 3 is 2.87 bits per heavy atom. The van der Waals surface area contributed by atoms with Gasteiger partial charge in [-0.15, -0.1) is 0 Å². The van der Waals surface area contributed by atoms with Gasteiger partial charge < -0.3 is 20.4 Å². The van der Waals surface area contributed by atoms with Gasteiger partial charge in [0.15, 0.2) is 11.5 Å². The van der Waals surface area contributed by atoms with Crippen molar-refractivity contribution in [1.29, 1.82) is 0 Å². The zero-order valence-corrected chi connectivity index (χ0v) is 18.8. The van der Waals surface area contributed by atoms with Crippen molar-refractivity contribution in [2.75, 3.05) is 32.0 Å². The van der Waals surface area contributed by atoms with Crippen LogP contribution in [0.5, 0.6) is 6.01 Å². The standard InChI is InChI=1S/C22H38N6O2/c1-4-5-13-30-21-25-19(23)18-20(26-21)28(22(29)24-18)12-7-6-9-17-10-8-11-27(15-17)14-16(2)3/h16-17H,4-15H2,1-3H3,(H,24,29)(H2,23,25,26). The number of nitrogens with two attached hydrogens (primary N) is 1. The Bertz CT molecular complexity index is 859. The monoisotopic (exact) mass is 418 g/mol. The zero-order valence-electron chi connectivity index (χ0n) is 18.8. The number of rotatable bonds is 11. The minimum absolute atomic E-state index is 0.183. The maximum Gasteiger partial charge on any atom is 0.327 e. The molecule has 8 heteroatoms. The Labute approximate surface area is 179 Å². The fourth-order valence-electron chi connectivity index (χ4n) is 4.38. The zero-order chi connectivity index (χ0) is 21.5. The van der Waals surface area contributed by atoms with Crippen molar-refractivity contribution in [1.82, 2.24) is 24.4 Å². The lowest BCUT2D eigenvalue weighted by Gasteiger charge is -2.33. The predicted octanol–water partition coefficient (Wildman–Crippen LogP) is 3.42. The van der Waals surface area contributed by atoms with Gasteiger partial charge in [0, 0.05) is 19.6 Å². The average molecular weight is 419 g/mol. The van der Waals surface area contributed by atoms with Crippen LogP contribution >= 0.6 is 0 Å². The first-order valence-electron chi connectivity index (χ1n) is 11.6. The highest BCUT2D eigenvalue weighted by atomic mass is 16.5. The number of fused-ring (bicyclic) bond motifs is 1. The van der Waals surface area contributed by atoms with E-state index in [1.165, 1.54) is 38.9 Å². The van der Waals surface area contributed by atoms with Crippen LogP contribution in [0.4, 0.5) is 5.82 Å². The van der Waals surface area contributed by atoms with Crippen molar-refractivity contribution < 1.29 is 4.74 Å². The number of aryl methyl sites for hydroxylation is 1. The summed E-state index contributed by atoms with van der Waals surface area (Å²) in [5, 5.41) is 0. The molecule has 3 N–H and O–H groups in total. The van der Waals surface area contributed by atoms with Gasteiger partial charge in [-0.25, -0.2) is 4.79 Å². The summed E-state index contributed by atoms with van der Waals surface area (Å²) < 4.78 is 7.28. The molecule has 1 aliphatic heterocycles. The summed E-state index contributed by atoms with van der Waals surface area (Å²) in [6, 6.07) is 0.244. The molecule has 0 radical (unpaired) electrons. The molecule has 1 atom stereocenters. The third-order valence-corrected chi connectivity index (χ3v) is 5.83. The van der Waals surface area contributed by atoms with E-state index in [1.54, 1.807) is 4.57 Å². The SMILES string of the molecule is CCCCOc1nc(N)c2[nH]c(=O)n(CCCCC3CCCN(CC(C)C)C3)c2n1. The molecule has 168 valence electrons. The summed E-state index contributed by atoms with van der Waals surface area (Å²) in [6.07, 6.45) is 7.86. The van der Waals surface area contributed by atoms with Crippen molar-refractivity contribution in [3.8, 4) is 6.01 Å². The summed E-state index contributed by atoms with van der Waals surface area (Å²) in [7, 11) is 0. The first kappa shape index (κ1) is 22.6. The lowest BCUT2D eigenvalue weighted by Crippen LogP contribution is -2.37. The van der Waals surface area contributed by atoms with Crippen molar-refractivity contribution in [3.05, 3.63) is 10.5 Å². The van der Waals surface area contributed by atoms with E-state index in [0.717, 1.165) is 37.5 Å². The number of anilines is 1. The number of nitrogens with zero attached hydrogens (tertiary/aromatic N) is 4. The third kappa shape index (κ3) is 5.97. The highest BCUT2D eigenvalue weighted by Gasteiger charge is 2.20. The first-order chi connectivity index (χ1) is 14.5. The molecule has 2 aromatic heterocycles. The van der Waals surface area contributed by atoms with Crippen molar-refractivity contribution in [2.24, 2.45) is 11.8 Å². The van der Waals surface area contributed by atoms with Gasteiger partial charge in [0.2, 0.25) is 0 Å². The average Bonchev–Trinajstić information content (AvgIpc) is 3.01. The largest absolute Gasteiger partial charge is 0.463 e. The van der Waals surface area contributed by atoms with Gasteiger partial charge in [0.1, 0.15) is 5.52 Å². The van der Waals surface area contributed by atoms with E-state index in [4.69, 9.17) is 10.5 Å². The van der Waals surface area contributed by atoms with Gasteiger partial charge in [0.05, 0.1) is 6.61 Å². The van der Waals surface area contributed by atoms with E-state index in [-0.39, 0.29) is 17.5 Å². The second-order valence-corrected chi connectivity index (χ2v) is 9.03. The molecular formula is C22H38N6O2. The fraction of sp³-hybridized carbons (Fsp3) is 0.773. The van der Waals surface area contributed by atoms with Gasteiger partial charge in [0.25, 0.3) is 0 Å². The molecule has 1 unspecified atom stereocenters. The molecule has 3 heterocycles. The maximum atomic E-state index is 12.4. The van der Waals surface area contributed by atoms with Gasteiger partial charge in [-0.3, -0.25) is 4.57 Å². The molecule has 0 saturated carbocycles. The van der Waals surface area contributed by atoms with E-state index in [0.29, 0.717) is 24.3 Å². The van der Waals surface area contributed by atoms with Crippen LogP contribution in [0.25, 0.3) is 11.2 Å². The number of imidazole rings is 1. The number of H-pyrrole nitrogens is 1. The highest BCUT2D eigenvalue weighted by Crippen LogP contribution is 2.23. The van der Waals surface area contributed by atoms with E-state index in [2.05, 4.69) is 40.6 Å². The molecule has 0 amide bonds. The number of ether oxygens (including phenoxy) is 1.